The van der Waals surface area contributed by atoms with Crippen LogP contribution in [0.25, 0.3) is 22.3 Å². The van der Waals surface area contributed by atoms with E-state index in [9.17, 15) is 9.59 Å². The number of nitrogens with zero attached hydrogens (tertiary/aromatic N) is 5. The molecule has 22 heavy (non-hydrogen) atoms. The lowest BCUT2D eigenvalue weighted by atomic mass is 10.5. The molecular formula is C10H8N10O2. The van der Waals surface area contributed by atoms with Crippen molar-refractivity contribution in [3.05, 3.63) is 33.4 Å². The number of aromatic nitrogens is 8. The molecule has 0 fully saturated rings. The molecule has 0 unspecified atom stereocenters. The van der Waals surface area contributed by atoms with E-state index in [4.69, 9.17) is 5.73 Å². The van der Waals surface area contributed by atoms with Gasteiger partial charge >= 0.3 is 0 Å². The maximum Gasteiger partial charge on any atom is 0.280 e. The number of hydrogen-bond donors (Lipinski definition) is 5. The fraction of sp³-hybridized carbons (Fsp3) is 0. The fourth-order valence-electron chi connectivity index (χ4n) is 2.04. The van der Waals surface area contributed by atoms with E-state index in [1.807, 2.05) is 0 Å². The zero-order valence-electron chi connectivity index (χ0n) is 10.8. The first-order valence-electron chi connectivity index (χ1n) is 6.05. The fourth-order valence-corrected chi connectivity index (χ4v) is 2.04. The van der Waals surface area contributed by atoms with Crippen molar-refractivity contribution in [1.29, 1.82) is 0 Å². The smallest absolute Gasteiger partial charge is 0.280 e. The van der Waals surface area contributed by atoms with E-state index in [0.29, 0.717) is 0 Å². The van der Waals surface area contributed by atoms with Crippen LogP contribution in [-0.4, -0.2) is 39.6 Å². The molecule has 0 saturated carbocycles. The summed E-state index contributed by atoms with van der Waals surface area (Å²) < 4.78 is 1.28. The predicted octanol–water partition coefficient (Wildman–Crippen LogP) is -1.46. The summed E-state index contributed by atoms with van der Waals surface area (Å²) in [6, 6.07) is 0. The maximum absolute atomic E-state index is 11.9. The van der Waals surface area contributed by atoms with E-state index in [1.54, 1.807) is 0 Å². The lowest BCUT2D eigenvalue weighted by Gasteiger charge is -2.06. The number of fused-ring (bicyclic) bond motifs is 2. The second kappa shape index (κ2) is 4.15. The predicted molar refractivity (Wildman–Crippen MR) is 76.1 cm³/mol. The van der Waals surface area contributed by atoms with Gasteiger partial charge in [-0.15, -0.1) is 0 Å². The molecule has 12 heteroatoms. The molecule has 0 bridgehead atoms. The highest BCUT2D eigenvalue weighted by molar-refractivity contribution is 5.72. The Morgan fingerprint density at radius 1 is 1.09 bits per heavy atom. The monoisotopic (exact) mass is 300 g/mol. The third-order valence-electron chi connectivity index (χ3n) is 2.95. The average molecular weight is 300 g/mol. The van der Waals surface area contributed by atoms with Gasteiger partial charge in [-0.25, -0.2) is 14.6 Å². The molecule has 0 atom stereocenters. The van der Waals surface area contributed by atoms with Crippen molar-refractivity contribution in [2.24, 2.45) is 0 Å². The van der Waals surface area contributed by atoms with Gasteiger partial charge in [-0.3, -0.25) is 25.0 Å². The van der Waals surface area contributed by atoms with Crippen molar-refractivity contribution in [2.45, 2.75) is 0 Å². The van der Waals surface area contributed by atoms with E-state index in [2.05, 4.69) is 40.3 Å². The number of hydrogen-bond acceptors (Lipinski definition) is 8. The van der Waals surface area contributed by atoms with E-state index < -0.39 is 11.1 Å². The summed E-state index contributed by atoms with van der Waals surface area (Å²) in [7, 11) is 0. The molecular weight excluding hydrogens is 292 g/mol. The molecule has 0 aliphatic carbocycles. The number of aromatic amines is 3. The van der Waals surface area contributed by atoms with Crippen LogP contribution in [-0.2, 0) is 0 Å². The molecule has 6 N–H and O–H groups in total. The SMILES string of the molecule is Nc1nc2ncn(Nc3nc4nc[nH]c4c(=O)[nH]3)c2c(=O)[nH]1. The lowest BCUT2D eigenvalue weighted by molar-refractivity contribution is 0.936. The Morgan fingerprint density at radius 2 is 1.95 bits per heavy atom. The summed E-state index contributed by atoms with van der Waals surface area (Å²) in [6.45, 7) is 0. The molecule has 0 amide bonds. The van der Waals surface area contributed by atoms with Gasteiger partial charge in [-0.05, 0) is 0 Å². The minimum absolute atomic E-state index is 0.0350. The van der Waals surface area contributed by atoms with E-state index in [1.165, 1.54) is 17.3 Å². The highest BCUT2D eigenvalue weighted by Gasteiger charge is 2.11. The first-order chi connectivity index (χ1) is 10.6. The Hall–Kier alpha value is -3.70. The Labute approximate surface area is 119 Å². The van der Waals surface area contributed by atoms with Gasteiger partial charge in [0.05, 0.1) is 6.33 Å². The molecule has 4 aromatic heterocycles. The number of nitrogens with one attached hydrogen (secondary N) is 4. The molecule has 110 valence electrons. The van der Waals surface area contributed by atoms with Gasteiger partial charge in [-0.1, -0.05) is 0 Å². The molecule has 0 spiro atoms. The minimum Gasteiger partial charge on any atom is -0.369 e. The van der Waals surface area contributed by atoms with Crippen LogP contribution >= 0.6 is 0 Å². The maximum atomic E-state index is 11.9. The first-order valence-corrected chi connectivity index (χ1v) is 6.05. The van der Waals surface area contributed by atoms with E-state index >= 15 is 0 Å². The van der Waals surface area contributed by atoms with Crippen LogP contribution in [0.1, 0.15) is 0 Å². The van der Waals surface area contributed by atoms with Crippen LogP contribution in [0, 0.1) is 0 Å². The zero-order chi connectivity index (χ0) is 15.3. The Kier molecular flexibility index (Phi) is 2.27. The molecule has 4 rings (SSSR count). The minimum atomic E-state index is -0.476. The third kappa shape index (κ3) is 1.71. The van der Waals surface area contributed by atoms with Gasteiger partial charge < -0.3 is 10.7 Å². The quantitative estimate of drug-likeness (QED) is 0.298. The Bertz CT molecular complexity index is 1120. The van der Waals surface area contributed by atoms with E-state index in [-0.39, 0.29) is 34.2 Å². The van der Waals surface area contributed by atoms with Crippen LogP contribution in [0.3, 0.4) is 0 Å². The summed E-state index contributed by atoms with van der Waals surface area (Å²) in [5, 5.41) is 0. The molecule has 4 aromatic rings. The number of nitrogen functional groups attached to an aromatic ring is 1. The van der Waals surface area contributed by atoms with E-state index in [0.717, 1.165) is 0 Å². The summed E-state index contributed by atoms with van der Waals surface area (Å²) in [5.41, 5.74) is 8.12. The molecule has 0 aliphatic heterocycles. The highest BCUT2D eigenvalue weighted by Crippen LogP contribution is 2.08. The van der Waals surface area contributed by atoms with Crippen molar-refractivity contribution in [3.8, 4) is 0 Å². The normalized spacial score (nSPS) is 11.3. The van der Waals surface area contributed by atoms with Crippen molar-refractivity contribution in [3.63, 3.8) is 0 Å². The molecule has 0 aromatic carbocycles. The van der Waals surface area contributed by atoms with Gasteiger partial charge in [0, 0.05) is 0 Å². The molecule has 0 saturated heterocycles. The second-order valence-electron chi connectivity index (χ2n) is 4.37. The van der Waals surface area contributed by atoms with Crippen LogP contribution in [0.15, 0.2) is 22.2 Å². The van der Waals surface area contributed by atoms with Gasteiger partial charge in [0.25, 0.3) is 11.1 Å². The molecule has 12 nitrogen and oxygen atoms in total. The van der Waals surface area contributed by atoms with Crippen molar-refractivity contribution in [1.82, 2.24) is 39.6 Å². The summed E-state index contributed by atoms with van der Waals surface area (Å²) in [6.07, 6.45) is 2.68. The number of nitrogens with two attached hydrogens (primary N) is 1. The zero-order valence-corrected chi connectivity index (χ0v) is 10.8. The van der Waals surface area contributed by atoms with Gasteiger partial charge in [0.15, 0.2) is 22.3 Å². The Morgan fingerprint density at radius 3 is 2.82 bits per heavy atom. The molecule has 0 aliphatic rings. The summed E-state index contributed by atoms with van der Waals surface area (Å²) >= 11 is 0. The second-order valence-corrected chi connectivity index (χ2v) is 4.37. The van der Waals surface area contributed by atoms with Crippen LogP contribution in [0.5, 0.6) is 0 Å². The number of H-pyrrole nitrogens is 3. The van der Waals surface area contributed by atoms with Crippen molar-refractivity contribution in [2.75, 3.05) is 11.2 Å². The molecule has 0 radical (unpaired) electrons. The van der Waals surface area contributed by atoms with Gasteiger partial charge in [0.2, 0.25) is 11.9 Å². The average Bonchev–Trinajstić information content (AvgIpc) is 3.06. The lowest BCUT2D eigenvalue weighted by Crippen LogP contribution is -2.20. The summed E-state index contributed by atoms with van der Waals surface area (Å²) in [4.78, 5) is 47.2. The number of rotatable bonds is 2. The standard InChI is InChI=1S/C10H8N10O2/c11-9-15-6-4(8(22)17-9)20(2-14-6)19-10-16-5-3(7(21)18-10)12-1-13-5/h1-2H,(H3,11,15,17,22)(H3,12,13,16,18,19,21). The Balaban J connectivity index is 1.86. The van der Waals surface area contributed by atoms with Crippen LogP contribution in [0.4, 0.5) is 11.9 Å². The van der Waals surface area contributed by atoms with Crippen molar-refractivity contribution < 1.29 is 0 Å². The van der Waals surface area contributed by atoms with Crippen LogP contribution < -0.4 is 22.3 Å². The topological polar surface area (TPSA) is 176 Å². The highest BCUT2D eigenvalue weighted by atomic mass is 16.1. The van der Waals surface area contributed by atoms with Gasteiger partial charge in [0.1, 0.15) is 6.33 Å². The summed E-state index contributed by atoms with van der Waals surface area (Å²) in [5.74, 6) is 0.0624. The largest absolute Gasteiger partial charge is 0.369 e. The van der Waals surface area contributed by atoms with Gasteiger partial charge in [-0.2, -0.15) is 9.97 Å². The number of imidazole rings is 2. The third-order valence-corrected chi connectivity index (χ3v) is 2.95. The van der Waals surface area contributed by atoms with Crippen molar-refractivity contribution >= 4 is 34.2 Å². The number of anilines is 2. The van der Waals surface area contributed by atoms with Crippen LogP contribution in [0.2, 0.25) is 0 Å². The molecule has 4 heterocycles. The first kappa shape index (κ1) is 12.1.